The van der Waals surface area contributed by atoms with E-state index in [0.29, 0.717) is 37.0 Å². The molecule has 2 aromatic heterocycles. The summed E-state index contributed by atoms with van der Waals surface area (Å²) in [4.78, 5) is 1.48. The quantitative estimate of drug-likeness (QED) is 0.534. The molecular formula is C19H18N6O. The molecule has 0 amide bonds. The Balaban J connectivity index is 1.39. The fourth-order valence-corrected chi connectivity index (χ4v) is 2.62. The van der Waals surface area contributed by atoms with Gasteiger partial charge >= 0.3 is 0 Å². The number of hydrogen-bond donors (Lipinski definition) is 0. The van der Waals surface area contributed by atoms with Crippen LogP contribution in [0.15, 0.2) is 59.0 Å². The van der Waals surface area contributed by atoms with Gasteiger partial charge in [-0.2, -0.15) is 4.80 Å². The second-order valence-corrected chi connectivity index (χ2v) is 6.15. The molecule has 0 bridgehead atoms. The molecule has 0 N–H and O–H groups in total. The molecule has 7 heteroatoms. The number of tetrazole rings is 1. The van der Waals surface area contributed by atoms with Crippen molar-refractivity contribution in [2.24, 2.45) is 0 Å². The third-order valence-electron chi connectivity index (χ3n) is 3.96. The minimum atomic E-state index is 0.308. The van der Waals surface area contributed by atoms with E-state index in [9.17, 15) is 0 Å². The maximum absolute atomic E-state index is 5.68. The van der Waals surface area contributed by atoms with Gasteiger partial charge in [0.15, 0.2) is 5.82 Å². The predicted octanol–water partition coefficient (Wildman–Crippen LogP) is 2.59. The summed E-state index contributed by atoms with van der Waals surface area (Å²) in [6.07, 6.45) is 1.25. The van der Waals surface area contributed by atoms with Gasteiger partial charge in [-0.3, -0.25) is 0 Å². The summed E-state index contributed by atoms with van der Waals surface area (Å²) in [5.41, 5.74) is 3.51. The Morgan fingerprint density at radius 1 is 0.808 bits per heavy atom. The highest BCUT2D eigenvalue weighted by molar-refractivity contribution is 5.23. The smallest absolute Gasteiger partial charge is 0.239 e. The topological polar surface area (TPSA) is 82.5 Å². The molecule has 2 aromatic carbocycles. The van der Waals surface area contributed by atoms with Crippen LogP contribution in [-0.2, 0) is 19.4 Å². The Hall–Kier alpha value is -3.35. The van der Waals surface area contributed by atoms with Gasteiger partial charge in [-0.05, 0) is 23.3 Å². The average Bonchev–Trinajstić information content (AvgIpc) is 3.28. The van der Waals surface area contributed by atoms with Gasteiger partial charge in [0, 0.05) is 6.42 Å². The number of hydrogen-bond acceptors (Lipinski definition) is 6. The SMILES string of the molecule is Cc1ccc(Cc2nnn(Cc3nnc(Cc4ccccc4)o3)n2)cc1. The van der Waals surface area contributed by atoms with Crippen molar-refractivity contribution in [2.75, 3.05) is 0 Å². The van der Waals surface area contributed by atoms with Crippen molar-refractivity contribution < 1.29 is 4.42 Å². The Morgan fingerprint density at radius 3 is 2.35 bits per heavy atom. The molecule has 0 spiro atoms. The molecule has 0 aliphatic rings. The molecule has 0 radical (unpaired) electrons. The fraction of sp³-hybridized carbons (Fsp3) is 0.211. The zero-order valence-corrected chi connectivity index (χ0v) is 14.4. The molecule has 0 saturated carbocycles. The lowest BCUT2D eigenvalue weighted by Gasteiger charge is -1.97. The first-order valence-corrected chi connectivity index (χ1v) is 8.42. The van der Waals surface area contributed by atoms with Gasteiger partial charge in [-0.15, -0.1) is 20.4 Å². The van der Waals surface area contributed by atoms with Gasteiger partial charge in [-0.1, -0.05) is 60.2 Å². The summed E-state index contributed by atoms with van der Waals surface area (Å²) in [6.45, 7) is 2.37. The first-order chi connectivity index (χ1) is 12.7. The molecule has 2 heterocycles. The summed E-state index contributed by atoms with van der Waals surface area (Å²) in [7, 11) is 0. The number of benzene rings is 2. The highest BCUT2D eigenvalue weighted by Crippen LogP contribution is 2.10. The van der Waals surface area contributed by atoms with E-state index in [1.54, 1.807) is 0 Å². The molecule has 7 nitrogen and oxygen atoms in total. The molecular weight excluding hydrogens is 328 g/mol. The van der Waals surface area contributed by atoms with E-state index >= 15 is 0 Å². The van der Waals surface area contributed by atoms with Crippen LogP contribution in [-0.4, -0.2) is 30.4 Å². The van der Waals surface area contributed by atoms with E-state index in [1.807, 2.05) is 30.3 Å². The van der Waals surface area contributed by atoms with E-state index < -0.39 is 0 Å². The maximum atomic E-state index is 5.68. The van der Waals surface area contributed by atoms with Crippen LogP contribution in [0.5, 0.6) is 0 Å². The largest absolute Gasteiger partial charge is 0.423 e. The lowest BCUT2D eigenvalue weighted by atomic mass is 10.1. The van der Waals surface area contributed by atoms with Crippen molar-refractivity contribution in [1.82, 2.24) is 30.4 Å². The van der Waals surface area contributed by atoms with E-state index in [0.717, 1.165) is 11.1 Å². The molecule has 130 valence electrons. The van der Waals surface area contributed by atoms with Crippen molar-refractivity contribution in [3.8, 4) is 0 Å². The fourth-order valence-electron chi connectivity index (χ4n) is 2.62. The minimum absolute atomic E-state index is 0.308. The third-order valence-corrected chi connectivity index (χ3v) is 3.96. The first-order valence-electron chi connectivity index (χ1n) is 8.42. The Bertz CT molecular complexity index is 975. The number of rotatable bonds is 6. The molecule has 26 heavy (non-hydrogen) atoms. The van der Waals surface area contributed by atoms with Crippen LogP contribution in [0.2, 0.25) is 0 Å². The first kappa shape index (κ1) is 16.1. The zero-order chi connectivity index (χ0) is 17.8. The van der Waals surface area contributed by atoms with Gasteiger partial charge in [0.1, 0.15) is 6.54 Å². The standard InChI is InChI=1S/C19H18N6O/c1-14-7-9-16(10-8-14)11-17-20-24-25(23-17)13-19-22-21-18(26-19)12-15-5-3-2-4-6-15/h2-10H,11-13H2,1H3. The second kappa shape index (κ2) is 7.26. The Labute approximate surface area is 150 Å². The highest BCUT2D eigenvalue weighted by atomic mass is 16.4. The van der Waals surface area contributed by atoms with Crippen LogP contribution >= 0.6 is 0 Å². The summed E-state index contributed by atoms with van der Waals surface area (Å²) in [5.74, 6) is 1.71. The summed E-state index contributed by atoms with van der Waals surface area (Å²) < 4.78 is 5.68. The van der Waals surface area contributed by atoms with E-state index in [1.165, 1.54) is 10.4 Å². The van der Waals surface area contributed by atoms with Gasteiger partial charge in [-0.25, -0.2) is 0 Å². The van der Waals surface area contributed by atoms with Crippen molar-refractivity contribution in [2.45, 2.75) is 26.3 Å². The third kappa shape index (κ3) is 4.00. The van der Waals surface area contributed by atoms with E-state index in [4.69, 9.17) is 4.42 Å². The predicted molar refractivity (Wildman–Crippen MR) is 94.5 cm³/mol. The molecule has 0 aliphatic heterocycles. The number of aromatic nitrogens is 6. The van der Waals surface area contributed by atoms with E-state index in [2.05, 4.69) is 56.8 Å². The van der Waals surface area contributed by atoms with Crippen molar-refractivity contribution >= 4 is 0 Å². The molecule has 0 unspecified atom stereocenters. The van der Waals surface area contributed by atoms with Crippen LogP contribution in [0, 0.1) is 6.92 Å². The molecule has 0 aliphatic carbocycles. The monoisotopic (exact) mass is 346 g/mol. The minimum Gasteiger partial charge on any atom is -0.423 e. The van der Waals surface area contributed by atoms with Crippen LogP contribution < -0.4 is 0 Å². The van der Waals surface area contributed by atoms with Gasteiger partial charge < -0.3 is 4.42 Å². The van der Waals surface area contributed by atoms with Crippen molar-refractivity contribution in [1.29, 1.82) is 0 Å². The zero-order valence-electron chi connectivity index (χ0n) is 14.4. The summed E-state index contributed by atoms with van der Waals surface area (Å²) >= 11 is 0. The van der Waals surface area contributed by atoms with Crippen LogP contribution in [0.1, 0.15) is 34.3 Å². The van der Waals surface area contributed by atoms with Gasteiger partial charge in [0.2, 0.25) is 11.8 Å². The van der Waals surface area contributed by atoms with Gasteiger partial charge in [0.25, 0.3) is 0 Å². The second-order valence-electron chi connectivity index (χ2n) is 6.15. The highest BCUT2D eigenvalue weighted by Gasteiger charge is 2.10. The Kier molecular flexibility index (Phi) is 4.51. The normalized spacial score (nSPS) is 11.0. The maximum Gasteiger partial charge on any atom is 0.239 e. The van der Waals surface area contributed by atoms with Crippen LogP contribution in [0.3, 0.4) is 0 Å². The van der Waals surface area contributed by atoms with Gasteiger partial charge in [0.05, 0.1) is 6.42 Å². The Morgan fingerprint density at radius 2 is 1.54 bits per heavy atom. The van der Waals surface area contributed by atoms with Crippen molar-refractivity contribution in [3.05, 3.63) is 88.9 Å². The molecule has 0 fully saturated rings. The summed E-state index contributed by atoms with van der Waals surface area (Å²) in [6, 6.07) is 18.3. The summed E-state index contributed by atoms with van der Waals surface area (Å²) in [5, 5.41) is 20.7. The van der Waals surface area contributed by atoms with Crippen LogP contribution in [0.25, 0.3) is 0 Å². The molecule has 0 atom stereocenters. The molecule has 4 rings (SSSR count). The average molecular weight is 346 g/mol. The van der Waals surface area contributed by atoms with Crippen LogP contribution in [0.4, 0.5) is 0 Å². The number of aryl methyl sites for hydroxylation is 1. The lowest BCUT2D eigenvalue weighted by Crippen LogP contribution is -2.04. The number of nitrogens with zero attached hydrogens (tertiary/aromatic N) is 6. The lowest BCUT2D eigenvalue weighted by molar-refractivity contribution is 0.417. The van der Waals surface area contributed by atoms with E-state index in [-0.39, 0.29) is 0 Å². The molecule has 0 saturated heterocycles. The van der Waals surface area contributed by atoms with Crippen molar-refractivity contribution in [3.63, 3.8) is 0 Å². The molecule has 4 aromatic rings.